The molecule has 0 atom stereocenters. The first kappa shape index (κ1) is 13.1. The van der Waals surface area contributed by atoms with Gasteiger partial charge in [-0.05, 0) is 0 Å². The van der Waals surface area contributed by atoms with Gasteiger partial charge in [0.2, 0.25) is 5.91 Å². The van der Waals surface area contributed by atoms with Gasteiger partial charge in [-0.3, -0.25) is 14.9 Å². The van der Waals surface area contributed by atoms with Crippen LogP contribution in [0.15, 0.2) is 30.3 Å². The molecule has 0 aliphatic carbocycles. The number of nitro groups is 1. The van der Waals surface area contributed by atoms with E-state index in [1.807, 2.05) is 0 Å². The molecule has 0 aliphatic heterocycles. The lowest BCUT2D eigenvalue weighted by molar-refractivity contribution is -0.384. The maximum Gasteiger partial charge on any atom is 0.269 e. The molecule has 0 spiro atoms. The first-order valence-electron chi connectivity index (χ1n) is 4.32. The molecule has 0 N–H and O–H groups in total. The molecule has 15 heavy (non-hydrogen) atoms. The Morgan fingerprint density at radius 2 is 1.67 bits per heavy atom. The maximum atomic E-state index is 10.1. The van der Waals surface area contributed by atoms with Gasteiger partial charge in [0.15, 0.2) is 0 Å². The zero-order chi connectivity index (χ0) is 11.8. The molecule has 0 heterocycles. The van der Waals surface area contributed by atoms with Gasteiger partial charge in [0.25, 0.3) is 5.69 Å². The van der Waals surface area contributed by atoms with Crippen LogP contribution in [-0.2, 0) is 4.79 Å². The summed E-state index contributed by atoms with van der Waals surface area (Å²) in [4.78, 5) is 21.2. The second kappa shape index (κ2) is 6.53. The number of hydrogen-bond donors (Lipinski definition) is 0. The summed E-state index contributed by atoms with van der Waals surface area (Å²) in [6.45, 7) is 1.53. The summed E-state index contributed by atoms with van der Waals surface area (Å²) in [6, 6.07) is 7.93. The SMILES string of the molecule is CC(=O)N(C)C.O=[N+]([O-])c1ccccc1. The van der Waals surface area contributed by atoms with Crippen LogP contribution in [0, 0.1) is 10.1 Å². The fraction of sp³-hybridized carbons (Fsp3) is 0.300. The average Bonchev–Trinajstić information content (AvgIpc) is 2.20. The topological polar surface area (TPSA) is 63.5 Å². The monoisotopic (exact) mass is 210 g/mol. The lowest BCUT2D eigenvalue weighted by Gasteiger charge is -2.02. The van der Waals surface area contributed by atoms with Gasteiger partial charge >= 0.3 is 0 Å². The molecule has 0 radical (unpaired) electrons. The summed E-state index contributed by atoms with van der Waals surface area (Å²) in [5.41, 5.74) is 0.137. The molecular weight excluding hydrogens is 196 g/mol. The van der Waals surface area contributed by atoms with Crippen LogP contribution in [0.1, 0.15) is 6.92 Å². The molecule has 0 aromatic heterocycles. The van der Waals surface area contributed by atoms with Crippen LogP contribution in [0.3, 0.4) is 0 Å². The van der Waals surface area contributed by atoms with Crippen molar-refractivity contribution in [3.05, 3.63) is 40.4 Å². The summed E-state index contributed by atoms with van der Waals surface area (Å²) >= 11 is 0. The number of nitrogens with zero attached hydrogens (tertiary/aromatic N) is 2. The summed E-state index contributed by atoms with van der Waals surface area (Å²) in [5.74, 6) is 0.0926. The Balaban J connectivity index is 0.000000288. The van der Waals surface area contributed by atoms with Gasteiger partial charge < -0.3 is 4.90 Å². The third-order valence-electron chi connectivity index (χ3n) is 1.60. The molecule has 0 aliphatic rings. The predicted molar refractivity (Wildman–Crippen MR) is 57.5 cm³/mol. The second-order valence-corrected chi connectivity index (χ2v) is 3.01. The predicted octanol–water partition coefficient (Wildman–Crippen LogP) is 1.69. The van der Waals surface area contributed by atoms with Crippen LogP contribution >= 0.6 is 0 Å². The minimum absolute atomic E-state index is 0.0926. The van der Waals surface area contributed by atoms with E-state index in [4.69, 9.17) is 0 Å². The zero-order valence-corrected chi connectivity index (χ0v) is 9.01. The molecule has 0 fully saturated rings. The van der Waals surface area contributed by atoms with E-state index in [2.05, 4.69) is 0 Å². The van der Waals surface area contributed by atoms with Gasteiger partial charge in [-0.25, -0.2) is 0 Å². The molecule has 5 nitrogen and oxygen atoms in total. The fourth-order valence-corrected chi connectivity index (χ4v) is 0.550. The van der Waals surface area contributed by atoms with Crippen molar-refractivity contribution in [2.75, 3.05) is 14.1 Å². The first-order chi connectivity index (χ1) is 6.95. The molecule has 1 aromatic carbocycles. The van der Waals surface area contributed by atoms with Crippen LogP contribution in [0.4, 0.5) is 5.69 Å². The van der Waals surface area contributed by atoms with Crippen LogP contribution in [0.2, 0.25) is 0 Å². The third-order valence-corrected chi connectivity index (χ3v) is 1.60. The van der Waals surface area contributed by atoms with Crippen molar-refractivity contribution in [3.63, 3.8) is 0 Å². The number of non-ortho nitro benzene ring substituents is 1. The highest BCUT2D eigenvalue weighted by molar-refractivity contribution is 5.72. The lowest BCUT2D eigenvalue weighted by atomic mass is 10.3. The Morgan fingerprint density at radius 3 is 1.87 bits per heavy atom. The highest BCUT2D eigenvalue weighted by atomic mass is 16.6. The quantitative estimate of drug-likeness (QED) is 0.523. The Morgan fingerprint density at radius 1 is 1.27 bits per heavy atom. The summed E-state index contributed by atoms with van der Waals surface area (Å²) in [5, 5.41) is 10.0. The van der Waals surface area contributed by atoms with E-state index < -0.39 is 4.92 Å². The third kappa shape index (κ3) is 6.20. The van der Waals surface area contributed by atoms with Crippen LogP contribution < -0.4 is 0 Å². The van der Waals surface area contributed by atoms with Crippen LogP contribution in [0.5, 0.6) is 0 Å². The minimum Gasteiger partial charge on any atom is -0.349 e. The Labute approximate surface area is 88.5 Å². The smallest absolute Gasteiger partial charge is 0.269 e. The number of benzene rings is 1. The molecule has 1 amide bonds. The molecular formula is C10H14N2O3. The molecule has 82 valence electrons. The largest absolute Gasteiger partial charge is 0.349 e. The zero-order valence-electron chi connectivity index (χ0n) is 9.01. The van der Waals surface area contributed by atoms with E-state index in [-0.39, 0.29) is 11.6 Å². The summed E-state index contributed by atoms with van der Waals surface area (Å²) < 4.78 is 0. The number of hydrogen-bond acceptors (Lipinski definition) is 3. The molecule has 5 heteroatoms. The normalized spacial score (nSPS) is 8.47. The van der Waals surface area contributed by atoms with Gasteiger partial charge in [0.05, 0.1) is 4.92 Å². The standard InChI is InChI=1S/C6H5NO2.C4H9NO/c8-7(9)6-4-2-1-3-5-6;1-4(6)5(2)3/h1-5H;1-3H3. The van der Waals surface area contributed by atoms with Gasteiger partial charge in [-0.15, -0.1) is 0 Å². The van der Waals surface area contributed by atoms with E-state index in [9.17, 15) is 14.9 Å². The van der Waals surface area contributed by atoms with Crippen molar-refractivity contribution in [3.8, 4) is 0 Å². The van der Waals surface area contributed by atoms with Gasteiger partial charge in [-0.1, -0.05) is 18.2 Å². The van der Waals surface area contributed by atoms with Crippen LogP contribution in [-0.4, -0.2) is 29.8 Å². The van der Waals surface area contributed by atoms with Crippen molar-refractivity contribution in [1.82, 2.24) is 4.90 Å². The number of amides is 1. The van der Waals surface area contributed by atoms with Crippen molar-refractivity contribution >= 4 is 11.6 Å². The van der Waals surface area contributed by atoms with E-state index in [1.165, 1.54) is 24.0 Å². The van der Waals surface area contributed by atoms with Crippen LogP contribution in [0.25, 0.3) is 0 Å². The first-order valence-corrected chi connectivity index (χ1v) is 4.32. The minimum atomic E-state index is -0.417. The number of carbonyl (C=O) groups is 1. The molecule has 0 saturated carbocycles. The van der Waals surface area contributed by atoms with Gasteiger partial charge in [0, 0.05) is 33.2 Å². The average molecular weight is 210 g/mol. The van der Waals surface area contributed by atoms with Gasteiger partial charge in [-0.2, -0.15) is 0 Å². The fourth-order valence-electron chi connectivity index (χ4n) is 0.550. The maximum absolute atomic E-state index is 10.1. The Hall–Kier alpha value is -1.91. The lowest BCUT2D eigenvalue weighted by Crippen LogP contribution is -2.17. The highest BCUT2D eigenvalue weighted by Crippen LogP contribution is 2.06. The number of nitro benzene ring substituents is 1. The number of carbonyl (C=O) groups excluding carboxylic acids is 1. The second-order valence-electron chi connectivity index (χ2n) is 3.01. The molecule has 0 unspecified atom stereocenters. The van der Waals surface area contributed by atoms with E-state index in [0.717, 1.165) is 0 Å². The molecule has 1 aromatic rings. The molecule has 1 rings (SSSR count). The summed E-state index contributed by atoms with van der Waals surface area (Å²) in [6.07, 6.45) is 0. The Kier molecular flexibility index (Phi) is 5.70. The number of para-hydroxylation sites is 1. The van der Waals surface area contributed by atoms with Crippen molar-refractivity contribution in [2.45, 2.75) is 6.92 Å². The van der Waals surface area contributed by atoms with Crippen molar-refractivity contribution in [1.29, 1.82) is 0 Å². The van der Waals surface area contributed by atoms with E-state index >= 15 is 0 Å². The van der Waals surface area contributed by atoms with Crippen molar-refractivity contribution < 1.29 is 9.72 Å². The van der Waals surface area contributed by atoms with Gasteiger partial charge in [0.1, 0.15) is 0 Å². The summed E-state index contributed by atoms with van der Waals surface area (Å²) in [7, 11) is 3.45. The molecule has 0 bridgehead atoms. The Bertz CT molecular complexity index is 323. The highest BCUT2D eigenvalue weighted by Gasteiger charge is 1.98. The van der Waals surface area contributed by atoms with Crippen molar-refractivity contribution in [2.24, 2.45) is 0 Å². The van der Waals surface area contributed by atoms with E-state index in [0.29, 0.717) is 0 Å². The molecule has 0 saturated heterocycles. The van der Waals surface area contributed by atoms with E-state index in [1.54, 1.807) is 32.3 Å². The number of rotatable bonds is 1.